The molecule has 0 spiro atoms. The number of phenolic OH excluding ortho intramolecular Hbond substituents is 1. The molecule has 0 aromatic heterocycles. The number of allylic oxidation sites excluding steroid dienone is 1. The Bertz CT molecular complexity index is 1410. The van der Waals surface area contributed by atoms with Crippen molar-refractivity contribution in [3.63, 3.8) is 0 Å². The summed E-state index contributed by atoms with van der Waals surface area (Å²) in [6.07, 6.45) is 4.31. The second kappa shape index (κ2) is 8.20. The molecule has 0 bridgehead atoms. The minimum Gasteiger partial charge on any atom is -0.508 e. The van der Waals surface area contributed by atoms with E-state index in [4.69, 9.17) is 4.42 Å². The molecule has 2 aromatic carbocycles. The smallest absolute Gasteiger partial charge is 0.251 e. The summed E-state index contributed by atoms with van der Waals surface area (Å²) < 4.78 is 5.97. The first-order chi connectivity index (χ1) is 15.5. The number of hydrogen-bond acceptors (Lipinski definition) is 5. The SMILES string of the molecule is O=C(NCCS)c1ccc(C=C2CC2)c(-c2c3ccc(=O)cc-3oc3cc(O)ccc23)c1. The fourth-order valence-electron chi connectivity index (χ4n) is 3.90. The predicted molar refractivity (Wildman–Crippen MR) is 130 cm³/mol. The molecule has 2 N–H and O–H groups in total. The number of amides is 1. The second-order valence-electron chi connectivity index (χ2n) is 7.90. The lowest BCUT2D eigenvalue weighted by Gasteiger charge is -2.18. The topological polar surface area (TPSA) is 79.5 Å². The van der Waals surface area contributed by atoms with Crippen LogP contribution in [0.25, 0.3) is 39.5 Å². The monoisotopic (exact) mass is 443 g/mol. The summed E-state index contributed by atoms with van der Waals surface area (Å²) >= 11 is 4.16. The minimum absolute atomic E-state index is 0.0741. The molecule has 0 unspecified atom stereocenters. The number of phenols is 1. The van der Waals surface area contributed by atoms with Gasteiger partial charge >= 0.3 is 0 Å². The number of aromatic hydroxyl groups is 1. The van der Waals surface area contributed by atoms with Gasteiger partial charge in [0, 0.05) is 46.5 Å². The Labute approximate surface area is 190 Å². The first-order valence-electron chi connectivity index (χ1n) is 10.5. The van der Waals surface area contributed by atoms with Gasteiger partial charge in [-0.05, 0) is 60.4 Å². The number of benzene rings is 3. The highest BCUT2D eigenvalue weighted by Crippen LogP contribution is 2.43. The van der Waals surface area contributed by atoms with E-state index < -0.39 is 0 Å². The van der Waals surface area contributed by atoms with Crippen molar-refractivity contribution in [2.45, 2.75) is 12.8 Å². The lowest BCUT2D eigenvalue weighted by molar-refractivity contribution is 0.0956. The number of fused-ring (bicyclic) bond motifs is 2. The molecule has 2 aromatic rings. The maximum atomic E-state index is 12.7. The van der Waals surface area contributed by atoms with Crippen molar-refractivity contribution in [2.24, 2.45) is 0 Å². The van der Waals surface area contributed by atoms with Gasteiger partial charge in [-0.2, -0.15) is 12.6 Å². The summed E-state index contributed by atoms with van der Waals surface area (Å²) in [5.41, 5.74) is 5.70. The molecule has 0 radical (unpaired) electrons. The Balaban J connectivity index is 1.82. The molecular weight excluding hydrogens is 422 g/mol. The molecule has 32 heavy (non-hydrogen) atoms. The van der Waals surface area contributed by atoms with Crippen molar-refractivity contribution < 1.29 is 14.3 Å². The number of rotatable bonds is 5. The van der Waals surface area contributed by atoms with Crippen LogP contribution in [0.4, 0.5) is 0 Å². The van der Waals surface area contributed by atoms with Crippen LogP contribution in [-0.2, 0) is 0 Å². The molecule has 2 aliphatic carbocycles. The Hall–Kier alpha value is -3.51. The van der Waals surface area contributed by atoms with Crippen molar-refractivity contribution in [1.29, 1.82) is 0 Å². The van der Waals surface area contributed by atoms with Crippen LogP contribution in [0.3, 0.4) is 0 Å². The van der Waals surface area contributed by atoms with E-state index in [1.165, 1.54) is 23.8 Å². The second-order valence-corrected chi connectivity index (χ2v) is 8.35. The van der Waals surface area contributed by atoms with Crippen molar-refractivity contribution in [3.05, 3.63) is 81.5 Å². The van der Waals surface area contributed by atoms with E-state index in [9.17, 15) is 14.7 Å². The molecule has 5 rings (SSSR count). The number of nitrogens with one attached hydrogen (secondary N) is 1. The number of hydrogen-bond donors (Lipinski definition) is 3. The average molecular weight is 444 g/mol. The molecule has 160 valence electrons. The van der Waals surface area contributed by atoms with Crippen LogP contribution in [0.15, 0.2) is 69.4 Å². The molecule has 1 amide bonds. The highest BCUT2D eigenvalue weighted by atomic mass is 32.1. The molecule has 3 aliphatic rings. The summed E-state index contributed by atoms with van der Waals surface area (Å²) in [4.78, 5) is 24.7. The van der Waals surface area contributed by atoms with Gasteiger partial charge in [-0.1, -0.05) is 17.7 Å². The standard InChI is InChI=1S/C26H21NO4S/c28-18-5-7-20-23(13-18)31-24-14-19(29)6-8-21(24)25(20)22-12-17(26(30)27-9-10-32)4-3-16(22)11-15-1-2-15/h3-8,11-14,28,32H,1-2,9-10H2,(H,27,30). The van der Waals surface area contributed by atoms with E-state index in [0.29, 0.717) is 29.2 Å². The molecule has 1 fully saturated rings. The number of thiol groups is 1. The highest BCUT2D eigenvalue weighted by molar-refractivity contribution is 7.80. The van der Waals surface area contributed by atoms with Gasteiger partial charge in [-0.25, -0.2) is 0 Å². The minimum atomic E-state index is -0.167. The largest absolute Gasteiger partial charge is 0.508 e. The van der Waals surface area contributed by atoms with Gasteiger partial charge in [0.15, 0.2) is 5.43 Å². The zero-order valence-electron chi connectivity index (χ0n) is 17.2. The van der Waals surface area contributed by atoms with E-state index in [-0.39, 0.29) is 17.1 Å². The van der Waals surface area contributed by atoms with Gasteiger partial charge < -0.3 is 14.8 Å². The quantitative estimate of drug-likeness (QED) is 0.296. The van der Waals surface area contributed by atoms with Crippen molar-refractivity contribution in [3.8, 4) is 28.2 Å². The molecule has 0 saturated heterocycles. The molecule has 1 heterocycles. The molecule has 0 atom stereocenters. The van der Waals surface area contributed by atoms with E-state index >= 15 is 0 Å². The Morgan fingerprint density at radius 1 is 1.06 bits per heavy atom. The Morgan fingerprint density at radius 2 is 1.91 bits per heavy atom. The molecule has 1 aliphatic heterocycles. The fourth-order valence-corrected chi connectivity index (χ4v) is 4.01. The lowest BCUT2D eigenvalue weighted by atomic mass is 9.89. The van der Waals surface area contributed by atoms with E-state index in [0.717, 1.165) is 40.5 Å². The van der Waals surface area contributed by atoms with Crippen LogP contribution in [0, 0.1) is 0 Å². The zero-order chi connectivity index (χ0) is 22.2. The van der Waals surface area contributed by atoms with Crippen LogP contribution < -0.4 is 10.7 Å². The van der Waals surface area contributed by atoms with Crippen molar-refractivity contribution in [1.82, 2.24) is 5.32 Å². The normalized spacial score (nSPS) is 12.8. The van der Waals surface area contributed by atoms with Crippen LogP contribution in [-0.4, -0.2) is 23.3 Å². The molecule has 5 nitrogen and oxygen atoms in total. The zero-order valence-corrected chi connectivity index (χ0v) is 18.1. The van der Waals surface area contributed by atoms with Gasteiger partial charge in [0.2, 0.25) is 0 Å². The fraction of sp³-hybridized carbons (Fsp3) is 0.154. The summed E-state index contributed by atoms with van der Waals surface area (Å²) in [7, 11) is 0. The van der Waals surface area contributed by atoms with Gasteiger partial charge in [0.1, 0.15) is 17.1 Å². The van der Waals surface area contributed by atoms with E-state index in [2.05, 4.69) is 24.0 Å². The van der Waals surface area contributed by atoms with Gasteiger partial charge in [-0.3, -0.25) is 9.59 Å². The maximum Gasteiger partial charge on any atom is 0.251 e. The average Bonchev–Trinajstić information content (AvgIpc) is 3.60. The first kappa shape index (κ1) is 20.4. The van der Waals surface area contributed by atoms with Crippen LogP contribution >= 0.6 is 12.6 Å². The van der Waals surface area contributed by atoms with Crippen LogP contribution in [0.2, 0.25) is 0 Å². The molecule has 1 saturated carbocycles. The lowest BCUT2D eigenvalue weighted by Crippen LogP contribution is -2.25. The summed E-state index contributed by atoms with van der Waals surface area (Å²) in [6.45, 7) is 0.477. The van der Waals surface area contributed by atoms with Crippen molar-refractivity contribution in [2.75, 3.05) is 12.3 Å². The van der Waals surface area contributed by atoms with Crippen LogP contribution in [0.5, 0.6) is 5.75 Å². The molecular formula is C26H21NO4S. The first-order valence-corrected chi connectivity index (χ1v) is 11.1. The highest BCUT2D eigenvalue weighted by Gasteiger charge is 2.21. The van der Waals surface area contributed by atoms with Crippen LogP contribution in [0.1, 0.15) is 28.8 Å². The van der Waals surface area contributed by atoms with Gasteiger partial charge in [0.25, 0.3) is 5.91 Å². The van der Waals surface area contributed by atoms with Crippen molar-refractivity contribution >= 4 is 35.6 Å². The van der Waals surface area contributed by atoms with Gasteiger partial charge in [-0.15, -0.1) is 0 Å². The third-order valence-corrected chi connectivity index (χ3v) is 5.78. The van der Waals surface area contributed by atoms with E-state index in [1.807, 2.05) is 18.2 Å². The summed E-state index contributed by atoms with van der Waals surface area (Å²) in [5.74, 6) is 0.893. The Morgan fingerprint density at radius 3 is 2.69 bits per heavy atom. The number of carbonyl (C=O) groups excluding carboxylic acids is 1. The third-order valence-electron chi connectivity index (χ3n) is 5.56. The number of carbonyl (C=O) groups is 1. The molecule has 6 heteroatoms. The third kappa shape index (κ3) is 3.89. The Kier molecular flexibility index (Phi) is 5.23. The summed E-state index contributed by atoms with van der Waals surface area (Å²) in [5, 5.41) is 13.7. The predicted octanol–water partition coefficient (Wildman–Crippen LogP) is 5.11. The summed E-state index contributed by atoms with van der Waals surface area (Å²) in [6, 6.07) is 15.3. The van der Waals surface area contributed by atoms with E-state index in [1.54, 1.807) is 18.2 Å². The maximum absolute atomic E-state index is 12.7. The van der Waals surface area contributed by atoms with Gasteiger partial charge in [0.05, 0.1) is 0 Å².